The van der Waals surface area contributed by atoms with Crippen LogP contribution in [-0.4, -0.2) is 33.1 Å². The molecule has 1 atom stereocenters. The molecule has 1 aromatic rings. The van der Waals surface area contributed by atoms with Gasteiger partial charge in [0.25, 0.3) is 0 Å². The Labute approximate surface area is 115 Å². The molecule has 1 unspecified atom stereocenters. The van der Waals surface area contributed by atoms with E-state index in [9.17, 15) is 0 Å². The van der Waals surface area contributed by atoms with Crippen molar-refractivity contribution in [2.45, 2.75) is 52.2 Å². The number of aryl methyl sites for hydroxylation is 1. The number of hydrogen-bond donors (Lipinski definition) is 1. The Bertz CT molecular complexity index is 368. The topological polar surface area (TPSA) is 42.7 Å². The van der Waals surface area contributed by atoms with E-state index in [2.05, 4.69) is 43.2 Å². The van der Waals surface area contributed by atoms with Crippen LogP contribution < -0.4 is 5.32 Å². The number of aromatic nitrogens is 3. The largest absolute Gasteiger partial charge is 0.313 e. The molecule has 0 aliphatic carbocycles. The zero-order valence-corrected chi connectivity index (χ0v) is 13.3. The van der Waals surface area contributed by atoms with Gasteiger partial charge in [-0.15, -0.1) is 10.2 Å². The van der Waals surface area contributed by atoms with Crippen molar-refractivity contribution in [3.63, 3.8) is 0 Å². The third-order valence-corrected chi connectivity index (χ3v) is 4.23. The van der Waals surface area contributed by atoms with Crippen LogP contribution in [0.5, 0.6) is 0 Å². The fourth-order valence-electron chi connectivity index (χ4n) is 1.60. The van der Waals surface area contributed by atoms with Crippen LogP contribution in [0.3, 0.4) is 0 Å². The average molecular weight is 270 g/mol. The molecule has 1 heterocycles. The fourth-order valence-corrected chi connectivity index (χ4v) is 2.96. The summed E-state index contributed by atoms with van der Waals surface area (Å²) in [6, 6.07) is 0.486. The Hall–Kier alpha value is -0.550. The molecule has 0 aromatic carbocycles. The van der Waals surface area contributed by atoms with Gasteiger partial charge in [-0.25, -0.2) is 0 Å². The van der Waals surface area contributed by atoms with Crippen LogP contribution in [0.15, 0.2) is 5.16 Å². The Balaban J connectivity index is 2.59. The molecular formula is C13H26N4S. The molecule has 4 nitrogen and oxygen atoms in total. The number of rotatable bonds is 6. The molecule has 5 heteroatoms. The van der Waals surface area contributed by atoms with E-state index in [1.807, 2.05) is 18.5 Å². The molecule has 0 radical (unpaired) electrons. The molecule has 0 spiro atoms. The molecule has 18 heavy (non-hydrogen) atoms. The molecule has 0 saturated carbocycles. The smallest absolute Gasteiger partial charge is 0.190 e. The monoisotopic (exact) mass is 270 g/mol. The van der Waals surface area contributed by atoms with Crippen molar-refractivity contribution < 1.29 is 0 Å². The van der Waals surface area contributed by atoms with Crippen LogP contribution in [0.25, 0.3) is 0 Å². The SMILES string of the molecule is CCCNC(CSc1nnc(C)n1C)C(C)(C)C. The third-order valence-electron chi connectivity index (χ3n) is 3.12. The summed E-state index contributed by atoms with van der Waals surface area (Å²) in [5, 5.41) is 12.9. The lowest BCUT2D eigenvalue weighted by Gasteiger charge is -2.31. The summed E-state index contributed by atoms with van der Waals surface area (Å²) in [7, 11) is 2.02. The van der Waals surface area contributed by atoms with Crippen LogP contribution >= 0.6 is 11.8 Å². The lowest BCUT2D eigenvalue weighted by Crippen LogP contribution is -2.42. The van der Waals surface area contributed by atoms with E-state index in [1.165, 1.54) is 6.42 Å². The zero-order chi connectivity index (χ0) is 13.8. The van der Waals surface area contributed by atoms with E-state index in [1.54, 1.807) is 11.8 Å². The van der Waals surface area contributed by atoms with Crippen LogP contribution in [0.2, 0.25) is 0 Å². The summed E-state index contributed by atoms with van der Waals surface area (Å²) in [6.45, 7) is 12.1. The molecule has 104 valence electrons. The van der Waals surface area contributed by atoms with E-state index in [0.29, 0.717) is 6.04 Å². The molecule has 0 fully saturated rings. The second-order valence-corrected chi connectivity index (χ2v) is 6.76. The third kappa shape index (κ3) is 4.28. The first kappa shape index (κ1) is 15.5. The standard InChI is InChI=1S/C13H26N4S/c1-7-8-14-11(13(3,4)5)9-18-12-16-15-10(2)17(12)6/h11,14H,7-9H2,1-6H3. The lowest BCUT2D eigenvalue weighted by molar-refractivity contribution is 0.291. The second kappa shape index (κ2) is 6.57. The van der Waals surface area contributed by atoms with Gasteiger partial charge in [-0.2, -0.15) is 0 Å². The van der Waals surface area contributed by atoms with E-state index in [-0.39, 0.29) is 5.41 Å². The highest BCUT2D eigenvalue weighted by Gasteiger charge is 2.24. The highest BCUT2D eigenvalue weighted by molar-refractivity contribution is 7.99. The Morgan fingerprint density at radius 1 is 1.33 bits per heavy atom. The van der Waals surface area contributed by atoms with Crippen LogP contribution in [-0.2, 0) is 7.05 Å². The average Bonchev–Trinajstić information content (AvgIpc) is 2.59. The maximum Gasteiger partial charge on any atom is 0.190 e. The van der Waals surface area contributed by atoms with Gasteiger partial charge in [-0.05, 0) is 25.3 Å². The normalized spacial score (nSPS) is 13.9. The molecule has 1 rings (SSSR count). The summed E-state index contributed by atoms with van der Waals surface area (Å²) >= 11 is 1.78. The Kier molecular flexibility index (Phi) is 5.66. The summed E-state index contributed by atoms with van der Waals surface area (Å²) in [5.41, 5.74) is 0.260. The lowest BCUT2D eigenvalue weighted by atomic mass is 9.88. The molecule has 0 aliphatic rings. The number of thioether (sulfide) groups is 1. The predicted molar refractivity (Wildman–Crippen MR) is 78.0 cm³/mol. The minimum atomic E-state index is 0.260. The number of nitrogens with one attached hydrogen (secondary N) is 1. The summed E-state index contributed by atoms with van der Waals surface area (Å²) in [6.07, 6.45) is 1.17. The molecule has 0 aliphatic heterocycles. The van der Waals surface area contributed by atoms with Gasteiger partial charge >= 0.3 is 0 Å². The van der Waals surface area contributed by atoms with Crippen molar-refractivity contribution in [2.24, 2.45) is 12.5 Å². The molecule has 0 bridgehead atoms. The van der Waals surface area contributed by atoms with Gasteiger partial charge in [0.15, 0.2) is 5.16 Å². The second-order valence-electron chi connectivity index (χ2n) is 5.77. The highest BCUT2D eigenvalue weighted by Crippen LogP contribution is 2.25. The Morgan fingerprint density at radius 2 is 2.00 bits per heavy atom. The Morgan fingerprint density at radius 3 is 2.44 bits per heavy atom. The minimum Gasteiger partial charge on any atom is -0.313 e. The predicted octanol–water partition coefficient (Wildman–Crippen LogP) is 2.63. The fraction of sp³-hybridized carbons (Fsp3) is 0.846. The van der Waals surface area contributed by atoms with Gasteiger partial charge in [-0.1, -0.05) is 39.5 Å². The quantitative estimate of drug-likeness (QED) is 0.807. The molecule has 1 aromatic heterocycles. The van der Waals surface area contributed by atoms with Gasteiger partial charge in [0, 0.05) is 18.8 Å². The first-order chi connectivity index (χ1) is 8.36. The summed E-state index contributed by atoms with van der Waals surface area (Å²) in [4.78, 5) is 0. The van der Waals surface area contributed by atoms with Crippen LogP contribution in [0.4, 0.5) is 0 Å². The van der Waals surface area contributed by atoms with Crippen LogP contribution in [0, 0.1) is 12.3 Å². The van der Waals surface area contributed by atoms with Gasteiger partial charge in [0.1, 0.15) is 5.82 Å². The maximum atomic E-state index is 4.20. The van der Waals surface area contributed by atoms with Gasteiger partial charge in [0.05, 0.1) is 0 Å². The van der Waals surface area contributed by atoms with Crippen molar-refractivity contribution in [1.29, 1.82) is 0 Å². The van der Waals surface area contributed by atoms with Crippen molar-refractivity contribution >= 4 is 11.8 Å². The molecule has 0 saturated heterocycles. The van der Waals surface area contributed by atoms with E-state index in [0.717, 1.165) is 23.3 Å². The van der Waals surface area contributed by atoms with Crippen molar-refractivity contribution in [1.82, 2.24) is 20.1 Å². The van der Waals surface area contributed by atoms with E-state index in [4.69, 9.17) is 0 Å². The van der Waals surface area contributed by atoms with Gasteiger partial charge < -0.3 is 9.88 Å². The first-order valence-corrected chi connectivity index (χ1v) is 7.57. The summed E-state index contributed by atoms with van der Waals surface area (Å²) in [5.74, 6) is 1.99. The minimum absolute atomic E-state index is 0.260. The van der Waals surface area contributed by atoms with E-state index >= 15 is 0 Å². The van der Waals surface area contributed by atoms with Gasteiger partial charge in [0.2, 0.25) is 0 Å². The highest BCUT2D eigenvalue weighted by atomic mass is 32.2. The van der Waals surface area contributed by atoms with Crippen LogP contribution in [0.1, 0.15) is 39.9 Å². The van der Waals surface area contributed by atoms with E-state index < -0.39 is 0 Å². The summed E-state index contributed by atoms with van der Waals surface area (Å²) < 4.78 is 2.05. The van der Waals surface area contributed by atoms with Crippen molar-refractivity contribution in [3.05, 3.63) is 5.82 Å². The molecule has 1 N–H and O–H groups in total. The molecular weight excluding hydrogens is 244 g/mol. The van der Waals surface area contributed by atoms with Gasteiger partial charge in [-0.3, -0.25) is 0 Å². The van der Waals surface area contributed by atoms with Crippen molar-refractivity contribution in [3.8, 4) is 0 Å². The first-order valence-electron chi connectivity index (χ1n) is 6.58. The van der Waals surface area contributed by atoms with Crippen molar-refractivity contribution in [2.75, 3.05) is 12.3 Å². The number of nitrogens with zero attached hydrogens (tertiary/aromatic N) is 3. The molecule has 0 amide bonds. The zero-order valence-electron chi connectivity index (χ0n) is 12.4. The number of hydrogen-bond acceptors (Lipinski definition) is 4. The maximum absolute atomic E-state index is 4.20.